The topological polar surface area (TPSA) is 53.9 Å². The smallest absolute Gasteiger partial charge is 0.188 e. The number of benzene rings is 1. The lowest BCUT2D eigenvalue weighted by Crippen LogP contribution is -2.36. The molecule has 1 aliphatic heterocycles. The predicted molar refractivity (Wildman–Crippen MR) is 98.7 cm³/mol. The van der Waals surface area contributed by atoms with Gasteiger partial charge >= 0.3 is 0 Å². The molecule has 2 aromatic heterocycles. The second-order valence-corrected chi connectivity index (χ2v) is 7.43. The number of nitrogens with one attached hydrogen (secondary N) is 1. The summed E-state index contributed by atoms with van der Waals surface area (Å²) in [5.74, 6) is 0.737. The van der Waals surface area contributed by atoms with Crippen LogP contribution in [0.3, 0.4) is 0 Å². The average molecular weight is 339 g/mol. The fourth-order valence-electron chi connectivity index (χ4n) is 3.16. The molecule has 1 aliphatic rings. The van der Waals surface area contributed by atoms with Crippen molar-refractivity contribution in [2.45, 2.75) is 38.8 Å². The first-order valence-electron chi connectivity index (χ1n) is 8.45. The Labute approximate surface area is 145 Å². The van der Waals surface area contributed by atoms with Crippen molar-refractivity contribution in [3.05, 3.63) is 41.5 Å². The molecule has 1 aromatic carbocycles. The van der Waals surface area contributed by atoms with E-state index in [0.29, 0.717) is 6.04 Å². The molecule has 0 spiro atoms. The van der Waals surface area contributed by atoms with E-state index in [1.807, 2.05) is 30.5 Å². The fraction of sp³-hybridized carbons (Fsp3) is 0.389. The van der Waals surface area contributed by atoms with Crippen LogP contribution in [-0.4, -0.2) is 32.4 Å². The van der Waals surface area contributed by atoms with Gasteiger partial charge in [-0.15, -0.1) is 11.3 Å². The molecule has 6 heteroatoms. The van der Waals surface area contributed by atoms with E-state index >= 15 is 0 Å². The first-order chi connectivity index (χ1) is 11.8. The van der Waals surface area contributed by atoms with E-state index in [1.165, 1.54) is 30.7 Å². The molecular weight excluding hydrogens is 318 g/mol. The Kier molecular flexibility index (Phi) is 4.40. The van der Waals surface area contributed by atoms with E-state index in [2.05, 4.69) is 32.1 Å². The van der Waals surface area contributed by atoms with Gasteiger partial charge in [0.05, 0.1) is 17.2 Å². The van der Waals surface area contributed by atoms with Crippen LogP contribution in [0.1, 0.15) is 31.1 Å². The third kappa shape index (κ3) is 3.39. The molecule has 0 saturated carbocycles. The van der Waals surface area contributed by atoms with Gasteiger partial charge in [0.2, 0.25) is 0 Å². The summed E-state index contributed by atoms with van der Waals surface area (Å²) in [6.45, 7) is 4.51. The van der Waals surface area contributed by atoms with Crippen molar-refractivity contribution in [1.29, 1.82) is 0 Å². The van der Waals surface area contributed by atoms with Crippen molar-refractivity contribution in [3.8, 4) is 0 Å². The Bertz CT molecular complexity index is 831. The van der Waals surface area contributed by atoms with E-state index < -0.39 is 0 Å². The molecule has 1 unspecified atom stereocenters. The molecule has 4 rings (SSSR count). The van der Waals surface area contributed by atoms with Gasteiger partial charge in [0.15, 0.2) is 10.9 Å². The van der Waals surface area contributed by atoms with Crippen molar-refractivity contribution in [1.82, 2.24) is 19.9 Å². The van der Waals surface area contributed by atoms with Gasteiger partial charge in [-0.3, -0.25) is 9.88 Å². The molecule has 0 amide bonds. The average Bonchev–Trinajstić information content (AvgIpc) is 3.04. The summed E-state index contributed by atoms with van der Waals surface area (Å²) in [4.78, 5) is 17.4. The number of piperidine rings is 1. The summed E-state index contributed by atoms with van der Waals surface area (Å²) in [7, 11) is 0. The largest absolute Gasteiger partial charge is 0.315 e. The van der Waals surface area contributed by atoms with Gasteiger partial charge in [-0.1, -0.05) is 18.6 Å². The number of fused-ring (bicyclic) bond motifs is 1. The van der Waals surface area contributed by atoms with Crippen molar-refractivity contribution in [3.63, 3.8) is 0 Å². The molecule has 124 valence electrons. The molecule has 3 aromatic rings. The van der Waals surface area contributed by atoms with Gasteiger partial charge in [0.25, 0.3) is 0 Å². The second-order valence-electron chi connectivity index (χ2n) is 6.32. The maximum atomic E-state index is 4.59. The van der Waals surface area contributed by atoms with E-state index in [4.69, 9.17) is 0 Å². The number of hydrogen-bond donors (Lipinski definition) is 1. The van der Waals surface area contributed by atoms with Gasteiger partial charge in [-0.25, -0.2) is 9.97 Å². The van der Waals surface area contributed by atoms with Crippen LogP contribution in [0.2, 0.25) is 0 Å². The number of para-hydroxylation sites is 2. The SMILES string of the molecule is CC1CCCCN1Cc1cnc(Nc2cnc3ccccc3n2)s1. The molecule has 5 nitrogen and oxygen atoms in total. The Hall–Kier alpha value is -2.05. The van der Waals surface area contributed by atoms with E-state index in [9.17, 15) is 0 Å². The minimum absolute atomic E-state index is 0.670. The Morgan fingerprint density at radius 1 is 1.17 bits per heavy atom. The lowest BCUT2D eigenvalue weighted by atomic mass is 10.0. The van der Waals surface area contributed by atoms with Crippen LogP contribution in [0, 0.1) is 0 Å². The van der Waals surface area contributed by atoms with Gasteiger partial charge in [-0.2, -0.15) is 0 Å². The van der Waals surface area contributed by atoms with Crippen molar-refractivity contribution >= 4 is 33.3 Å². The van der Waals surface area contributed by atoms with Crippen LogP contribution in [0.4, 0.5) is 10.9 Å². The molecule has 1 atom stereocenters. The molecule has 1 fully saturated rings. The molecule has 1 saturated heterocycles. The monoisotopic (exact) mass is 339 g/mol. The Morgan fingerprint density at radius 2 is 2.04 bits per heavy atom. The predicted octanol–water partition coefficient (Wildman–Crippen LogP) is 4.20. The number of rotatable bonds is 4. The van der Waals surface area contributed by atoms with Crippen LogP contribution < -0.4 is 5.32 Å². The minimum Gasteiger partial charge on any atom is -0.315 e. The molecular formula is C18H21N5S. The number of aromatic nitrogens is 3. The van der Waals surface area contributed by atoms with Crippen molar-refractivity contribution < 1.29 is 0 Å². The second kappa shape index (κ2) is 6.83. The standard InChI is InChI=1S/C18H21N5S/c1-13-6-4-5-9-23(13)12-14-10-20-18(24-14)22-17-11-19-15-7-2-3-8-16(15)21-17/h2-3,7-8,10-11,13H,4-6,9,12H2,1H3,(H,20,21,22). The summed E-state index contributed by atoms with van der Waals surface area (Å²) in [5, 5.41) is 4.15. The first-order valence-corrected chi connectivity index (χ1v) is 9.27. The Morgan fingerprint density at radius 3 is 2.92 bits per heavy atom. The highest BCUT2D eigenvalue weighted by Gasteiger charge is 2.19. The summed E-state index contributed by atoms with van der Waals surface area (Å²) in [6, 6.07) is 8.55. The van der Waals surface area contributed by atoms with Gasteiger partial charge in [-0.05, 0) is 38.4 Å². The van der Waals surface area contributed by atoms with Gasteiger partial charge < -0.3 is 5.32 Å². The number of anilines is 2. The molecule has 3 heterocycles. The summed E-state index contributed by atoms with van der Waals surface area (Å²) in [5.41, 5.74) is 1.79. The normalized spacial score (nSPS) is 18.8. The lowest BCUT2D eigenvalue weighted by molar-refractivity contribution is 0.154. The quantitative estimate of drug-likeness (QED) is 0.772. The van der Waals surface area contributed by atoms with Gasteiger partial charge in [0.1, 0.15) is 0 Å². The van der Waals surface area contributed by atoms with Crippen LogP contribution in [0.25, 0.3) is 11.0 Å². The molecule has 0 bridgehead atoms. The third-order valence-electron chi connectivity index (χ3n) is 4.54. The van der Waals surface area contributed by atoms with Crippen molar-refractivity contribution in [2.75, 3.05) is 11.9 Å². The number of hydrogen-bond acceptors (Lipinski definition) is 6. The number of likely N-dealkylation sites (tertiary alicyclic amines) is 1. The number of thiazole rings is 1. The minimum atomic E-state index is 0.670. The summed E-state index contributed by atoms with van der Waals surface area (Å²) in [6.07, 6.45) is 7.70. The molecule has 24 heavy (non-hydrogen) atoms. The lowest BCUT2D eigenvalue weighted by Gasteiger charge is -2.32. The maximum Gasteiger partial charge on any atom is 0.188 e. The van der Waals surface area contributed by atoms with E-state index in [0.717, 1.165) is 28.5 Å². The third-order valence-corrected chi connectivity index (χ3v) is 5.43. The highest BCUT2D eigenvalue weighted by Crippen LogP contribution is 2.26. The van der Waals surface area contributed by atoms with Crippen LogP contribution >= 0.6 is 11.3 Å². The highest BCUT2D eigenvalue weighted by atomic mass is 32.1. The van der Waals surface area contributed by atoms with Gasteiger partial charge in [0, 0.05) is 23.7 Å². The van der Waals surface area contributed by atoms with Crippen LogP contribution in [-0.2, 0) is 6.54 Å². The molecule has 0 radical (unpaired) electrons. The van der Waals surface area contributed by atoms with E-state index in [1.54, 1.807) is 17.5 Å². The zero-order valence-corrected chi connectivity index (χ0v) is 14.6. The maximum absolute atomic E-state index is 4.59. The highest BCUT2D eigenvalue weighted by molar-refractivity contribution is 7.15. The zero-order valence-electron chi connectivity index (χ0n) is 13.8. The van der Waals surface area contributed by atoms with Crippen molar-refractivity contribution in [2.24, 2.45) is 0 Å². The fourth-order valence-corrected chi connectivity index (χ4v) is 4.00. The Balaban J connectivity index is 1.46. The van der Waals surface area contributed by atoms with E-state index in [-0.39, 0.29) is 0 Å². The van der Waals surface area contributed by atoms with Crippen LogP contribution in [0.5, 0.6) is 0 Å². The number of nitrogens with zero attached hydrogens (tertiary/aromatic N) is 4. The zero-order chi connectivity index (χ0) is 16.4. The molecule has 1 N–H and O–H groups in total. The summed E-state index contributed by atoms with van der Waals surface area (Å²) < 4.78 is 0. The molecule has 0 aliphatic carbocycles. The van der Waals surface area contributed by atoms with Crippen LogP contribution in [0.15, 0.2) is 36.7 Å². The summed E-state index contributed by atoms with van der Waals surface area (Å²) >= 11 is 1.70. The first kappa shape index (κ1) is 15.5.